The van der Waals surface area contributed by atoms with E-state index < -0.39 is 0 Å². The molecule has 0 atom stereocenters. The number of rotatable bonds is 12. The van der Waals surface area contributed by atoms with Gasteiger partial charge in [0.1, 0.15) is 5.75 Å². The fraction of sp³-hybridized carbons (Fsp3) is 0.333. The number of ether oxygens (including phenoxy) is 1. The van der Waals surface area contributed by atoms with Crippen LogP contribution in [0.25, 0.3) is 0 Å². The maximum absolute atomic E-state index is 5.96. The molecule has 0 fully saturated rings. The summed E-state index contributed by atoms with van der Waals surface area (Å²) < 4.78 is 5.96. The third-order valence-corrected chi connectivity index (χ3v) is 5.14. The lowest BCUT2D eigenvalue weighted by molar-refractivity contribution is 0.304. The molecule has 3 aromatic carbocycles. The van der Waals surface area contributed by atoms with Crippen LogP contribution in [-0.2, 0) is 0 Å². The fourth-order valence-electron chi connectivity index (χ4n) is 3.54. The second kappa shape index (κ2) is 12.0. The minimum atomic E-state index is 0.800. The predicted molar refractivity (Wildman–Crippen MR) is 125 cm³/mol. The number of benzene rings is 3. The zero-order chi connectivity index (χ0) is 20.2. The van der Waals surface area contributed by atoms with E-state index in [1.165, 1.54) is 38.5 Å². The summed E-state index contributed by atoms with van der Waals surface area (Å²) in [6.45, 7) is 3.06. The van der Waals surface area contributed by atoms with Crippen molar-refractivity contribution in [1.82, 2.24) is 0 Å². The normalized spacial score (nSPS) is 10.7. The Morgan fingerprint density at radius 3 is 1.59 bits per heavy atom. The van der Waals surface area contributed by atoms with E-state index >= 15 is 0 Å². The highest BCUT2D eigenvalue weighted by Crippen LogP contribution is 2.34. The Morgan fingerprint density at radius 1 is 0.552 bits per heavy atom. The van der Waals surface area contributed by atoms with Crippen molar-refractivity contribution in [2.75, 3.05) is 11.5 Å². The van der Waals surface area contributed by atoms with E-state index in [2.05, 4.69) is 84.6 Å². The SMILES string of the molecule is CCCCCCCCCOc1ccc(N(c2ccccc2)c2ccccc2)cc1. The van der Waals surface area contributed by atoms with E-state index in [1.54, 1.807) is 0 Å². The molecule has 0 saturated carbocycles. The lowest BCUT2D eigenvalue weighted by Crippen LogP contribution is -2.09. The molecule has 29 heavy (non-hydrogen) atoms. The standard InChI is InChI=1S/C27H33NO/c1-2-3-4-5-6-7-14-23-29-27-21-19-26(20-22-27)28(24-15-10-8-11-16-24)25-17-12-9-13-18-25/h8-13,15-22H,2-7,14,23H2,1H3. The van der Waals surface area contributed by atoms with Gasteiger partial charge in [-0.25, -0.2) is 0 Å². The summed E-state index contributed by atoms with van der Waals surface area (Å²) in [5, 5.41) is 0. The largest absolute Gasteiger partial charge is 0.494 e. The van der Waals surface area contributed by atoms with Crippen LogP contribution in [0, 0.1) is 0 Å². The van der Waals surface area contributed by atoms with E-state index in [9.17, 15) is 0 Å². The summed E-state index contributed by atoms with van der Waals surface area (Å²) in [4.78, 5) is 2.26. The molecule has 0 aliphatic carbocycles. The molecule has 3 aromatic rings. The molecule has 0 heterocycles. The molecule has 0 amide bonds. The predicted octanol–water partition coefficient (Wildman–Crippen LogP) is 8.29. The first-order chi connectivity index (χ1) is 14.4. The van der Waals surface area contributed by atoms with E-state index in [0.717, 1.165) is 35.8 Å². The van der Waals surface area contributed by atoms with Crippen LogP contribution in [0.5, 0.6) is 5.75 Å². The van der Waals surface area contributed by atoms with Gasteiger partial charge in [-0.15, -0.1) is 0 Å². The summed E-state index contributed by atoms with van der Waals surface area (Å²) in [7, 11) is 0. The summed E-state index contributed by atoms with van der Waals surface area (Å²) in [5.74, 6) is 0.945. The molecule has 0 N–H and O–H groups in total. The Labute approximate surface area is 176 Å². The molecular formula is C27H33NO. The van der Waals surface area contributed by atoms with E-state index in [-0.39, 0.29) is 0 Å². The van der Waals surface area contributed by atoms with Crippen LogP contribution in [0.4, 0.5) is 17.1 Å². The van der Waals surface area contributed by atoms with Crippen molar-refractivity contribution in [3.8, 4) is 5.75 Å². The van der Waals surface area contributed by atoms with E-state index in [1.807, 2.05) is 12.1 Å². The minimum Gasteiger partial charge on any atom is -0.494 e. The summed E-state index contributed by atoms with van der Waals surface area (Å²) >= 11 is 0. The average molecular weight is 388 g/mol. The quantitative estimate of drug-likeness (QED) is 0.290. The number of hydrogen-bond donors (Lipinski definition) is 0. The molecule has 3 rings (SSSR count). The van der Waals surface area contributed by atoms with Crippen molar-refractivity contribution in [2.24, 2.45) is 0 Å². The highest BCUT2D eigenvalue weighted by Gasteiger charge is 2.11. The second-order valence-electron chi connectivity index (χ2n) is 7.47. The highest BCUT2D eigenvalue weighted by molar-refractivity contribution is 5.76. The highest BCUT2D eigenvalue weighted by atomic mass is 16.5. The molecule has 0 bridgehead atoms. The molecule has 2 nitrogen and oxygen atoms in total. The van der Waals surface area contributed by atoms with Gasteiger partial charge in [-0.05, 0) is 55.0 Å². The van der Waals surface area contributed by atoms with Gasteiger partial charge < -0.3 is 9.64 Å². The van der Waals surface area contributed by atoms with E-state index in [0.29, 0.717) is 0 Å². The number of anilines is 3. The van der Waals surface area contributed by atoms with Gasteiger partial charge in [0.25, 0.3) is 0 Å². The number of unbranched alkanes of at least 4 members (excludes halogenated alkanes) is 6. The molecule has 2 heteroatoms. The Bertz CT molecular complexity index is 759. The monoisotopic (exact) mass is 387 g/mol. The summed E-state index contributed by atoms with van der Waals surface area (Å²) in [6.07, 6.45) is 9.13. The first kappa shape index (κ1) is 21.0. The molecule has 0 aliphatic heterocycles. The maximum atomic E-state index is 5.96. The van der Waals surface area contributed by atoms with Crippen molar-refractivity contribution in [1.29, 1.82) is 0 Å². The number of hydrogen-bond acceptors (Lipinski definition) is 2. The zero-order valence-electron chi connectivity index (χ0n) is 17.6. The number of nitrogens with zero attached hydrogens (tertiary/aromatic N) is 1. The van der Waals surface area contributed by atoms with Crippen molar-refractivity contribution in [2.45, 2.75) is 51.9 Å². The van der Waals surface area contributed by atoms with Crippen LogP contribution in [0.2, 0.25) is 0 Å². The molecule has 0 saturated heterocycles. The van der Waals surface area contributed by atoms with Crippen LogP contribution in [0.15, 0.2) is 84.9 Å². The third-order valence-electron chi connectivity index (χ3n) is 5.14. The van der Waals surface area contributed by atoms with Gasteiger partial charge in [0.15, 0.2) is 0 Å². The van der Waals surface area contributed by atoms with Crippen molar-refractivity contribution in [3.63, 3.8) is 0 Å². The average Bonchev–Trinajstić information content (AvgIpc) is 2.78. The van der Waals surface area contributed by atoms with Crippen molar-refractivity contribution < 1.29 is 4.74 Å². The maximum Gasteiger partial charge on any atom is 0.119 e. The number of para-hydroxylation sites is 2. The Morgan fingerprint density at radius 2 is 1.03 bits per heavy atom. The van der Waals surface area contributed by atoms with Gasteiger partial charge in [-0.3, -0.25) is 0 Å². The molecular weight excluding hydrogens is 354 g/mol. The molecule has 0 aromatic heterocycles. The minimum absolute atomic E-state index is 0.800. The lowest BCUT2D eigenvalue weighted by Gasteiger charge is -2.25. The topological polar surface area (TPSA) is 12.5 Å². The van der Waals surface area contributed by atoms with Crippen LogP contribution < -0.4 is 9.64 Å². The summed E-state index contributed by atoms with van der Waals surface area (Å²) in [6, 6.07) is 29.4. The van der Waals surface area contributed by atoms with Crippen LogP contribution in [0.3, 0.4) is 0 Å². The second-order valence-corrected chi connectivity index (χ2v) is 7.47. The molecule has 0 radical (unpaired) electrons. The van der Waals surface area contributed by atoms with Gasteiger partial charge in [-0.1, -0.05) is 81.8 Å². The van der Waals surface area contributed by atoms with Crippen molar-refractivity contribution >= 4 is 17.1 Å². The van der Waals surface area contributed by atoms with Gasteiger partial charge in [0, 0.05) is 17.1 Å². The van der Waals surface area contributed by atoms with Gasteiger partial charge >= 0.3 is 0 Å². The first-order valence-corrected chi connectivity index (χ1v) is 11.0. The molecule has 152 valence electrons. The Hall–Kier alpha value is -2.74. The van der Waals surface area contributed by atoms with Gasteiger partial charge in [0.2, 0.25) is 0 Å². The van der Waals surface area contributed by atoms with Gasteiger partial charge in [0.05, 0.1) is 6.61 Å². The fourth-order valence-corrected chi connectivity index (χ4v) is 3.54. The van der Waals surface area contributed by atoms with Crippen LogP contribution >= 0.6 is 0 Å². The Balaban J connectivity index is 1.57. The summed E-state index contributed by atoms with van der Waals surface area (Å²) in [5.41, 5.74) is 3.43. The van der Waals surface area contributed by atoms with Crippen LogP contribution in [0.1, 0.15) is 51.9 Å². The molecule has 0 spiro atoms. The zero-order valence-corrected chi connectivity index (χ0v) is 17.6. The Kier molecular flexibility index (Phi) is 8.65. The van der Waals surface area contributed by atoms with Gasteiger partial charge in [-0.2, -0.15) is 0 Å². The third kappa shape index (κ3) is 6.67. The smallest absolute Gasteiger partial charge is 0.119 e. The lowest BCUT2D eigenvalue weighted by atomic mass is 10.1. The van der Waals surface area contributed by atoms with Crippen LogP contribution in [-0.4, -0.2) is 6.61 Å². The molecule has 0 aliphatic rings. The van der Waals surface area contributed by atoms with Crippen molar-refractivity contribution in [3.05, 3.63) is 84.9 Å². The molecule has 0 unspecified atom stereocenters. The van der Waals surface area contributed by atoms with E-state index in [4.69, 9.17) is 4.74 Å². The first-order valence-electron chi connectivity index (χ1n) is 11.0.